The molecular formula is C18H13BrO5. The molecule has 1 N–H and O–H groups in total. The summed E-state index contributed by atoms with van der Waals surface area (Å²) < 4.78 is 17.4. The van der Waals surface area contributed by atoms with E-state index in [9.17, 15) is 9.90 Å². The normalized spacial score (nSPS) is 17.2. The van der Waals surface area contributed by atoms with Crippen LogP contribution in [0.1, 0.15) is 27.0 Å². The number of rotatable bonds is 1. The fourth-order valence-corrected chi connectivity index (χ4v) is 3.41. The highest BCUT2D eigenvalue weighted by Gasteiger charge is 2.31. The molecule has 0 atom stereocenters. The summed E-state index contributed by atoms with van der Waals surface area (Å²) in [7, 11) is 0. The number of phenolic OH excluding ortho intramolecular Hbond substituents is 1. The Morgan fingerprint density at radius 2 is 2.08 bits per heavy atom. The van der Waals surface area contributed by atoms with Crippen molar-refractivity contribution in [2.45, 2.75) is 13.5 Å². The molecule has 0 bridgehead atoms. The van der Waals surface area contributed by atoms with Crippen LogP contribution in [0.15, 0.2) is 34.5 Å². The van der Waals surface area contributed by atoms with Gasteiger partial charge in [-0.1, -0.05) is 15.9 Å². The lowest BCUT2D eigenvalue weighted by Gasteiger charge is -2.20. The minimum atomic E-state index is -0.344. The first-order valence-corrected chi connectivity index (χ1v) is 8.13. The zero-order valence-corrected chi connectivity index (χ0v) is 14.3. The van der Waals surface area contributed by atoms with Gasteiger partial charge < -0.3 is 19.3 Å². The van der Waals surface area contributed by atoms with E-state index in [0.717, 1.165) is 21.2 Å². The van der Waals surface area contributed by atoms with Crippen molar-refractivity contribution in [3.05, 3.63) is 56.8 Å². The van der Waals surface area contributed by atoms with Crippen LogP contribution >= 0.6 is 15.9 Å². The van der Waals surface area contributed by atoms with E-state index < -0.39 is 0 Å². The van der Waals surface area contributed by atoms with E-state index in [2.05, 4.69) is 15.9 Å². The molecule has 122 valence electrons. The summed E-state index contributed by atoms with van der Waals surface area (Å²) in [5.74, 6) is 0.783. The van der Waals surface area contributed by atoms with Gasteiger partial charge in [-0.2, -0.15) is 0 Å². The second-order valence-electron chi connectivity index (χ2n) is 5.69. The quantitative estimate of drug-likeness (QED) is 0.749. The van der Waals surface area contributed by atoms with Crippen molar-refractivity contribution in [2.24, 2.45) is 0 Å². The second kappa shape index (κ2) is 5.65. The van der Waals surface area contributed by atoms with Gasteiger partial charge in [0.15, 0.2) is 12.6 Å². The Bertz CT molecular complexity index is 901. The van der Waals surface area contributed by atoms with Crippen LogP contribution in [0.3, 0.4) is 0 Å². The van der Waals surface area contributed by atoms with E-state index in [1.54, 1.807) is 18.2 Å². The lowest BCUT2D eigenvalue weighted by Crippen LogP contribution is -2.12. The highest BCUT2D eigenvalue weighted by molar-refractivity contribution is 9.10. The van der Waals surface area contributed by atoms with E-state index in [1.807, 2.05) is 19.1 Å². The topological polar surface area (TPSA) is 65.0 Å². The predicted octanol–water partition coefficient (Wildman–Crippen LogP) is 3.95. The molecule has 0 unspecified atom stereocenters. The van der Waals surface area contributed by atoms with Crippen LogP contribution in [-0.4, -0.2) is 17.7 Å². The van der Waals surface area contributed by atoms with Crippen LogP contribution in [0.5, 0.6) is 17.2 Å². The number of fused-ring (bicyclic) bond motifs is 2. The van der Waals surface area contributed by atoms with Gasteiger partial charge in [0.05, 0.1) is 6.61 Å². The predicted molar refractivity (Wildman–Crippen MR) is 90.2 cm³/mol. The van der Waals surface area contributed by atoms with Gasteiger partial charge in [0.2, 0.25) is 5.78 Å². The zero-order valence-electron chi connectivity index (χ0n) is 12.8. The molecule has 0 saturated carbocycles. The van der Waals surface area contributed by atoms with Crippen LogP contribution in [-0.2, 0) is 11.3 Å². The summed E-state index contributed by atoms with van der Waals surface area (Å²) in [6.07, 6.45) is 1.63. The summed E-state index contributed by atoms with van der Waals surface area (Å²) in [4.78, 5) is 12.6. The fourth-order valence-electron chi connectivity index (χ4n) is 2.88. The number of hydrogen-bond acceptors (Lipinski definition) is 5. The molecule has 0 fully saturated rings. The van der Waals surface area contributed by atoms with Gasteiger partial charge in [-0.25, -0.2) is 0 Å². The standard InChI is InChI=1S/C18H13BrO5/c1-9-2-13(20)16-14(3-9)24-15(17(16)21)6-10-4-12(19)5-11-7-22-8-23-18(10)11/h2-6,20H,7-8H2,1H3/b15-6-. The third-order valence-electron chi connectivity index (χ3n) is 3.89. The molecule has 2 heterocycles. The number of allylic oxidation sites excluding steroid dienone is 1. The zero-order chi connectivity index (χ0) is 16.8. The molecule has 0 radical (unpaired) electrons. The molecule has 2 aliphatic rings. The first-order valence-electron chi connectivity index (χ1n) is 7.34. The van der Waals surface area contributed by atoms with Crippen LogP contribution in [0.25, 0.3) is 6.08 Å². The number of ketones is 1. The summed E-state index contributed by atoms with van der Waals surface area (Å²) in [6, 6.07) is 7.04. The lowest BCUT2D eigenvalue weighted by molar-refractivity contribution is -0.0165. The molecule has 5 nitrogen and oxygen atoms in total. The van der Waals surface area contributed by atoms with Gasteiger partial charge in [0.1, 0.15) is 22.8 Å². The largest absolute Gasteiger partial charge is 0.507 e. The molecular weight excluding hydrogens is 376 g/mol. The minimum absolute atomic E-state index is 0.0701. The van der Waals surface area contributed by atoms with Gasteiger partial charge in [0.25, 0.3) is 0 Å². The number of hydrogen-bond donors (Lipinski definition) is 1. The van der Waals surface area contributed by atoms with Crippen molar-refractivity contribution >= 4 is 27.8 Å². The number of ether oxygens (including phenoxy) is 3. The Morgan fingerprint density at radius 1 is 1.25 bits per heavy atom. The summed E-state index contributed by atoms with van der Waals surface area (Å²) in [5.41, 5.74) is 2.62. The Hall–Kier alpha value is -2.31. The molecule has 6 heteroatoms. The van der Waals surface area contributed by atoms with E-state index in [4.69, 9.17) is 14.2 Å². The van der Waals surface area contributed by atoms with Crippen molar-refractivity contribution in [1.82, 2.24) is 0 Å². The van der Waals surface area contributed by atoms with E-state index in [-0.39, 0.29) is 29.6 Å². The smallest absolute Gasteiger partial charge is 0.235 e. The Morgan fingerprint density at radius 3 is 2.92 bits per heavy atom. The number of benzene rings is 2. The first-order chi connectivity index (χ1) is 11.5. The summed E-state index contributed by atoms with van der Waals surface area (Å²) >= 11 is 3.45. The number of carbonyl (C=O) groups excluding carboxylic acids is 1. The first kappa shape index (κ1) is 15.2. The van der Waals surface area contributed by atoms with E-state index in [1.165, 1.54) is 0 Å². The van der Waals surface area contributed by atoms with Crippen molar-refractivity contribution in [1.29, 1.82) is 0 Å². The van der Waals surface area contributed by atoms with E-state index >= 15 is 0 Å². The molecule has 0 aliphatic carbocycles. The van der Waals surface area contributed by atoms with Gasteiger partial charge in [-0.05, 0) is 42.8 Å². The summed E-state index contributed by atoms with van der Waals surface area (Å²) in [6.45, 7) is 2.44. The number of aryl methyl sites for hydroxylation is 1. The molecule has 2 aromatic rings. The summed E-state index contributed by atoms with van der Waals surface area (Å²) in [5, 5.41) is 10.0. The number of halogens is 1. The van der Waals surface area contributed by atoms with Crippen molar-refractivity contribution in [3.8, 4) is 17.2 Å². The molecule has 0 aromatic heterocycles. The number of phenols is 1. The van der Waals surface area contributed by atoms with Gasteiger partial charge in [0, 0.05) is 15.6 Å². The monoisotopic (exact) mass is 388 g/mol. The average Bonchev–Trinajstić information content (AvgIpc) is 2.83. The molecule has 0 amide bonds. The maximum atomic E-state index is 12.6. The fraction of sp³-hybridized carbons (Fsp3) is 0.167. The SMILES string of the molecule is Cc1cc(O)c2c(c1)O/C(=C\c1cc(Br)cc3c1OCOC3)C2=O. The van der Waals surface area contributed by atoms with E-state index in [0.29, 0.717) is 18.1 Å². The second-order valence-corrected chi connectivity index (χ2v) is 6.61. The van der Waals surface area contributed by atoms with Crippen LogP contribution < -0.4 is 9.47 Å². The maximum Gasteiger partial charge on any atom is 0.235 e. The molecule has 2 aromatic carbocycles. The number of carbonyl (C=O) groups is 1. The Kier molecular flexibility index (Phi) is 3.58. The third kappa shape index (κ3) is 2.48. The van der Waals surface area contributed by atoms with Crippen molar-refractivity contribution in [3.63, 3.8) is 0 Å². The van der Waals surface area contributed by atoms with Crippen LogP contribution in [0.4, 0.5) is 0 Å². The average molecular weight is 389 g/mol. The molecule has 0 saturated heterocycles. The van der Waals surface area contributed by atoms with Crippen LogP contribution in [0.2, 0.25) is 0 Å². The Labute approximate surface area is 146 Å². The lowest BCUT2D eigenvalue weighted by atomic mass is 10.0. The minimum Gasteiger partial charge on any atom is -0.507 e. The van der Waals surface area contributed by atoms with Gasteiger partial charge in [-0.3, -0.25) is 4.79 Å². The Balaban J connectivity index is 1.80. The molecule has 4 rings (SSSR count). The van der Waals surface area contributed by atoms with Crippen LogP contribution in [0, 0.1) is 6.92 Å². The van der Waals surface area contributed by atoms with Gasteiger partial charge in [-0.15, -0.1) is 0 Å². The highest BCUT2D eigenvalue weighted by atomic mass is 79.9. The third-order valence-corrected chi connectivity index (χ3v) is 4.34. The van der Waals surface area contributed by atoms with Crippen molar-refractivity contribution in [2.75, 3.05) is 6.79 Å². The molecule has 2 aliphatic heterocycles. The molecule has 24 heavy (non-hydrogen) atoms. The molecule has 0 spiro atoms. The van der Waals surface area contributed by atoms with Crippen molar-refractivity contribution < 1.29 is 24.1 Å². The number of Topliss-reactive ketones (excluding diaryl/α,β-unsaturated/α-hetero) is 1. The maximum absolute atomic E-state index is 12.6. The van der Waals surface area contributed by atoms with Gasteiger partial charge >= 0.3 is 0 Å². The highest BCUT2D eigenvalue weighted by Crippen LogP contribution is 2.40. The number of aromatic hydroxyl groups is 1.